The summed E-state index contributed by atoms with van der Waals surface area (Å²) in [4.78, 5) is 0. The first-order valence-electron chi connectivity index (χ1n) is 6.84. The Bertz CT molecular complexity index is 375. The van der Waals surface area contributed by atoms with E-state index in [0.29, 0.717) is 0 Å². The van der Waals surface area contributed by atoms with Gasteiger partial charge in [0.05, 0.1) is 0 Å². The molecule has 0 heterocycles. The van der Waals surface area contributed by atoms with E-state index in [4.69, 9.17) is 0 Å². The third-order valence-corrected chi connectivity index (χ3v) is 3.76. The average Bonchev–Trinajstić information content (AvgIpc) is 2.31. The predicted molar refractivity (Wildman–Crippen MR) is 76.4 cm³/mol. The van der Waals surface area contributed by atoms with Crippen LogP contribution < -0.4 is 5.32 Å². The number of halogens is 1. The molecule has 0 spiro atoms. The summed E-state index contributed by atoms with van der Waals surface area (Å²) in [5.74, 6) is -0.0862. The number of hydrogen-bond donors (Lipinski definition) is 1. The van der Waals surface area contributed by atoms with E-state index in [9.17, 15) is 4.39 Å². The van der Waals surface area contributed by atoms with E-state index in [0.717, 1.165) is 24.9 Å². The van der Waals surface area contributed by atoms with Crippen LogP contribution in [0, 0.1) is 5.82 Å². The molecule has 18 heavy (non-hydrogen) atoms. The zero-order valence-electron chi connectivity index (χ0n) is 12.3. The van der Waals surface area contributed by atoms with Gasteiger partial charge in [0.15, 0.2) is 0 Å². The van der Waals surface area contributed by atoms with Crippen LogP contribution in [0.4, 0.5) is 4.39 Å². The summed E-state index contributed by atoms with van der Waals surface area (Å²) in [7, 11) is 0. The van der Waals surface area contributed by atoms with Crippen LogP contribution in [0.1, 0.15) is 53.0 Å². The largest absolute Gasteiger partial charge is 0.311 e. The van der Waals surface area contributed by atoms with Gasteiger partial charge in [-0.05, 0) is 45.2 Å². The third kappa shape index (κ3) is 3.55. The molecule has 2 heteroatoms. The molecule has 0 aliphatic rings. The summed E-state index contributed by atoms with van der Waals surface area (Å²) >= 11 is 0. The molecule has 0 amide bonds. The van der Waals surface area contributed by atoms with Gasteiger partial charge >= 0.3 is 0 Å². The van der Waals surface area contributed by atoms with Crippen molar-refractivity contribution in [2.75, 3.05) is 6.54 Å². The van der Waals surface area contributed by atoms with E-state index in [-0.39, 0.29) is 16.8 Å². The molecule has 1 N–H and O–H groups in total. The van der Waals surface area contributed by atoms with Crippen molar-refractivity contribution in [3.05, 3.63) is 35.6 Å². The Balaban J connectivity index is 3.04. The van der Waals surface area contributed by atoms with Gasteiger partial charge in [-0.2, -0.15) is 0 Å². The Morgan fingerprint density at radius 1 is 1.06 bits per heavy atom. The Hall–Kier alpha value is -0.890. The van der Waals surface area contributed by atoms with Crippen molar-refractivity contribution in [3.8, 4) is 0 Å². The van der Waals surface area contributed by atoms with E-state index in [1.54, 1.807) is 12.1 Å². The highest BCUT2D eigenvalue weighted by atomic mass is 19.1. The molecule has 0 saturated heterocycles. The minimum Gasteiger partial charge on any atom is -0.311 e. The van der Waals surface area contributed by atoms with E-state index in [1.807, 2.05) is 12.1 Å². The van der Waals surface area contributed by atoms with Crippen molar-refractivity contribution < 1.29 is 4.39 Å². The molecule has 1 rings (SSSR count). The van der Waals surface area contributed by atoms with E-state index < -0.39 is 0 Å². The molecular formula is C16H26FN. The van der Waals surface area contributed by atoms with Gasteiger partial charge in [0.25, 0.3) is 0 Å². The fourth-order valence-electron chi connectivity index (χ4n) is 2.30. The second kappa shape index (κ2) is 5.83. The molecule has 0 aromatic heterocycles. The van der Waals surface area contributed by atoms with E-state index in [2.05, 4.69) is 39.9 Å². The first-order valence-corrected chi connectivity index (χ1v) is 6.84. The Kier molecular flexibility index (Phi) is 4.92. The first-order chi connectivity index (χ1) is 8.34. The molecular weight excluding hydrogens is 225 g/mol. The lowest BCUT2D eigenvalue weighted by molar-refractivity contribution is 0.305. The molecule has 0 unspecified atom stereocenters. The second-order valence-corrected chi connectivity index (χ2v) is 6.07. The summed E-state index contributed by atoms with van der Waals surface area (Å²) in [6.45, 7) is 11.5. The van der Waals surface area contributed by atoms with Crippen molar-refractivity contribution in [1.82, 2.24) is 5.32 Å². The average molecular weight is 251 g/mol. The van der Waals surface area contributed by atoms with Gasteiger partial charge < -0.3 is 5.32 Å². The van der Waals surface area contributed by atoms with Crippen molar-refractivity contribution in [1.29, 1.82) is 0 Å². The van der Waals surface area contributed by atoms with Gasteiger partial charge in [-0.3, -0.25) is 0 Å². The van der Waals surface area contributed by atoms with Gasteiger partial charge in [-0.25, -0.2) is 4.39 Å². The van der Waals surface area contributed by atoms with Gasteiger partial charge in [-0.1, -0.05) is 32.0 Å². The summed E-state index contributed by atoms with van der Waals surface area (Å²) < 4.78 is 14.1. The summed E-state index contributed by atoms with van der Waals surface area (Å²) in [6.07, 6.45) is 1.88. The minimum atomic E-state index is -0.112. The minimum absolute atomic E-state index is 0.0564. The van der Waals surface area contributed by atoms with Gasteiger partial charge in [0.1, 0.15) is 5.82 Å². The molecule has 0 aliphatic heterocycles. The first kappa shape index (κ1) is 15.2. The molecule has 1 nitrogen and oxygen atoms in total. The van der Waals surface area contributed by atoms with E-state index in [1.165, 1.54) is 0 Å². The summed E-state index contributed by atoms with van der Waals surface area (Å²) in [5, 5.41) is 3.52. The Morgan fingerprint density at radius 2 is 1.61 bits per heavy atom. The van der Waals surface area contributed by atoms with Gasteiger partial charge in [0.2, 0.25) is 0 Å². The quantitative estimate of drug-likeness (QED) is 0.824. The molecule has 0 bridgehead atoms. The summed E-state index contributed by atoms with van der Waals surface area (Å²) in [6, 6.07) is 7.17. The molecule has 1 aromatic carbocycles. The maximum Gasteiger partial charge on any atom is 0.127 e. The second-order valence-electron chi connectivity index (χ2n) is 6.07. The number of rotatable bonds is 5. The molecule has 0 fully saturated rings. The zero-order chi connectivity index (χ0) is 13.8. The highest BCUT2D eigenvalue weighted by Gasteiger charge is 2.31. The summed E-state index contributed by atoms with van der Waals surface area (Å²) in [5.41, 5.74) is 0.784. The number of hydrogen-bond acceptors (Lipinski definition) is 1. The van der Waals surface area contributed by atoms with Crippen LogP contribution in [0.5, 0.6) is 0 Å². The smallest absolute Gasteiger partial charge is 0.127 e. The molecule has 0 atom stereocenters. The van der Waals surface area contributed by atoms with Crippen LogP contribution in [0.25, 0.3) is 0 Å². The Labute approximate surface area is 111 Å². The fraction of sp³-hybridized carbons (Fsp3) is 0.625. The van der Waals surface area contributed by atoms with Crippen molar-refractivity contribution in [2.24, 2.45) is 0 Å². The van der Waals surface area contributed by atoms with Crippen LogP contribution in [-0.4, -0.2) is 12.1 Å². The maximum atomic E-state index is 14.1. The fourth-order valence-corrected chi connectivity index (χ4v) is 2.30. The van der Waals surface area contributed by atoms with Crippen LogP contribution >= 0.6 is 0 Å². The van der Waals surface area contributed by atoms with Crippen LogP contribution in [-0.2, 0) is 5.41 Å². The predicted octanol–water partition coefficient (Wildman–Crippen LogP) is 4.27. The van der Waals surface area contributed by atoms with Crippen LogP contribution in [0.2, 0.25) is 0 Å². The van der Waals surface area contributed by atoms with Crippen molar-refractivity contribution in [3.63, 3.8) is 0 Å². The SMILES string of the molecule is CCC(CC)(CNC(C)(C)C)c1ccccc1F. The zero-order valence-corrected chi connectivity index (χ0v) is 12.3. The third-order valence-electron chi connectivity index (χ3n) is 3.76. The van der Waals surface area contributed by atoms with E-state index >= 15 is 0 Å². The monoisotopic (exact) mass is 251 g/mol. The molecule has 0 aliphatic carbocycles. The van der Waals surface area contributed by atoms with Gasteiger partial charge in [0, 0.05) is 17.5 Å². The van der Waals surface area contributed by atoms with Crippen molar-refractivity contribution in [2.45, 2.75) is 58.4 Å². The topological polar surface area (TPSA) is 12.0 Å². The molecule has 0 radical (unpaired) electrons. The maximum absolute atomic E-state index is 14.1. The molecule has 102 valence electrons. The normalized spacial score (nSPS) is 12.8. The lowest BCUT2D eigenvalue weighted by Gasteiger charge is -2.36. The lowest BCUT2D eigenvalue weighted by Crippen LogP contribution is -2.46. The lowest BCUT2D eigenvalue weighted by atomic mass is 9.75. The molecule has 0 saturated carbocycles. The Morgan fingerprint density at radius 3 is 2.06 bits per heavy atom. The van der Waals surface area contributed by atoms with Gasteiger partial charge in [-0.15, -0.1) is 0 Å². The van der Waals surface area contributed by atoms with Crippen LogP contribution in [0.15, 0.2) is 24.3 Å². The van der Waals surface area contributed by atoms with Crippen LogP contribution in [0.3, 0.4) is 0 Å². The number of nitrogens with one attached hydrogen (secondary N) is 1. The highest BCUT2D eigenvalue weighted by Crippen LogP contribution is 2.33. The molecule has 1 aromatic rings. The van der Waals surface area contributed by atoms with Crippen molar-refractivity contribution >= 4 is 0 Å². The highest BCUT2D eigenvalue weighted by molar-refractivity contribution is 5.27. The standard InChI is InChI=1S/C16H26FN/c1-6-16(7-2,12-18-15(3,4)5)13-10-8-9-11-14(13)17/h8-11,18H,6-7,12H2,1-5H3. The number of benzene rings is 1.